The topological polar surface area (TPSA) is 75.3 Å². The van der Waals surface area contributed by atoms with Gasteiger partial charge >= 0.3 is 5.97 Å². The van der Waals surface area contributed by atoms with Gasteiger partial charge < -0.3 is 10.2 Å². The first-order valence-corrected chi connectivity index (χ1v) is 8.60. The molecule has 5 nitrogen and oxygen atoms in total. The molecule has 130 valence electrons. The van der Waals surface area contributed by atoms with Crippen LogP contribution in [0.2, 0.25) is 5.02 Å². The average Bonchev–Trinajstić information content (AvgIpc) is 3.03. The lowest BCUT2D eigenvalue weighted by molar-refractivity contribution is -0.138. The molecule has 2 unspecified atom stereocenters. The molecule has 2 heterocycles. The minimum absolute atomic E-state index is 0. The van der Waals surface area contributed by atoms with Gasteiger partial charge in [0.2, 0.25) is 0 Å². The van der Waals surface area contributed by atoms with Crippen LogP contribution in [0, 0.1) is 0 Å². The van der Waals surface area contributed by atoms with Crippen LogP contribution in [-0.2, 0) is 10.5 Å². The van der Waals surface area contributed by atoms with E-state index in [9.17, 15) is 15.0 Å². The summed E-state index contributed by atoms with van der Waals surface area (Å²) in [6, 6.07) is 14.3. The highest BCUT2D eigenvalue weighted by atomic mass is 79.9. The Kier molecular flexibility index (Phi) is 4.85. The molecule has 2 atom stereocenters. The lowest BCUT2D eigenvalue weighted by atomic mass is 9.96. The molecule has 2 aromatic carbocycles. The molecule has 0 fully saturated rings. The number of imidazole rings is 1. The van der Waals surface area contributed by atoms with Crippen molar-refractivity contribution in [3.63, 3.8) is 0 Å². The molecule has 25 heavy (non-hydrogen) atoms. The number of hydrogen-bond acceptors (Lipinski definition) is 4. The number of carboxylic acids is 1. The van der Waals surface area contributed by atoms with Crippen LogP contribution in [0.15, 0.2) is 53.7 Å². The van der Waals surface area contributed by atoms with Gasteiger partial charge in [-0.1, -0.05) is 47.6 Å². The number of aliphatic hydroxyl groups is 1. The third-order valence-electron chi connectivity index (χ3n) is 4.20. The van der Waals surface area contributed by atoms with Crippen molar-refractivity contribution in [3.8, 4) is 0 Å². The molecular weight excluding hydrogens is 428 g/mol. The lowest BCUT2D eigenvalue weighted by Crippen LogP contribution is -2.41. The normalized spacial score (nSPS) is 21.8. The van der Waals surface area contributed by atoms with Gasteiger partial charge in [-0.3, -0.25) is 9.36 Å². The van der Waals surface area contributed by atoms with E-state index in [0.717, 1.165) is 11.0 Å². The van der Waals surface area contributed by atoms with E-state index < -0.39 is 16.9 Å². The third kappa shape index (κ3) is 2.85. The summed E-state index contributed by atoms with van der Waals surface area (Å²) in [4.78, 5) is 15.8. The SMILES string of the molecule is Br.O=C(O)CC1Sc2nc3ccccc3n2C1(O)c1ccc(Cl)cc1. The second kappa shape index (κ2) is 6.64. The highest BCUT2D eigenvalue weighted by molar-refractivity contribution is 8.93. The summed E-state index contributed by atoms with van der Waals surface area (Å²) in [5, 5.41) is 21.4. The second-order valence-corrected chi connectivity index (χ2v) is 7.26. The van der Waals surface area contributed by atoms with Gasteiger partial charge in [-0.05, 0) is 24.3 Å². The number of carboxylic acid groups (broad SMARTS) is 1. The zero-order valence-electron chi connectivity index (χ0n) is 12.8. The number of nitrogens with zero attached hydrogens (tertiary/aromatic N) is 2. The van der Waals surface area contributed by atoms with Crippen LogP contribution in [0.1, 0.15) is 12.0 Å². The van der Waals surface area contributed by atoms with Crippen LogP contribution in [0.25, 0.3) is 11.0 Å². The maximum Gasteiger partial charge on any atom is 0.304 e. The smallest absolute Gasteiger partial charge is 0.304 e. The molecule has 2 N–H and O–H groups in total. The number of carbonyl (C=O) groups is 1. The fraction of sp³-hybridized carbons (Fsp3) is 0.176. The van der Waals surface area contributed by atoms with Crippen molar-refractivity contribution in [2.75, 3.05) is 0 Å². The van der Waals surface area contributed by atoms with Crippen LogP contribution < -0.4 is 0 Å². The molecule has 3 aromatic rings. The minimum Gasteiger partial charge on any atom is -0.481 e. The summed E-state index contributed by atoms with van der Waals surface area (Å²) in [5.74, 6) is -0.963. The number of aromatic nitrogens is 2. The van der Waals surface area contributed by atoms with Crippen LogP contribution >= 0.6 is 40.3 Å². The Hall–Kier alpha value is -1.54. The van der Waals surface area contributed by atoms with E-state index in [1.165, 1.54) is 11.8 Å². The van der Waals surface area contributed by atoms with Crippen LogP contribution in [0.3, 0.4) is 0 Å². The zero-order chi connectivity index (χ0) is 16.9. The van der Waals surface area contributed by atoms with E-state index >= 15 is 0 Å². The largest absolute Gasteiger partial charge is 0.481 e. The third-order valence-corrected chi connectivity index (χ3v) is 5.71. The quantitative estimate of drug-likeness (QED) is 0.644. The lowest BCUT2D eigenvalue weighted by Gasteiger charge is -2.31. The molecule has 1 aromatic heterocycles. The molecule has 4 rings (SSSR count). The van der Waals surface area contributed by atoms with E-state index in [-0.39, 0.29) is 23.4 Å². The molecule has 0 aliphatic carbocycles. The van der Waals surface area contributed by atoms with Crippen molar-refractivity contribution in [3.05, 3.63) is 59.1 Å². The molecular formula is C17H14BrClN2O3S. The predicted molar refractivity (Wildman–Crippen MR) is 103 cm³/mol. The molecule has 0 spiro atoms. The first-order valence-electron chi connectivity index (χ1n) is 7.35. The number of hydrogen-bond donors (Lipinski definition) is 2. The molecule has 0 amide bonds. The van der Waals surface area contributed by atoms with Gasteiger partial charge in [-0.2, -0.15) is 0 Å². The van der Waals surface area contributed by atoms with E-state index in [4.69, 9.17) is 11.6 Å². The first-order chi connectivity index (χ1) is 11.5. The number of rotatable bonds is 3. The standard InChI is InChI=1S/C17H13ClN2O3S.BrH/c18-11-7-5-10(6-8-11)17(23)14(9-15(21)22)24-16-19-12-3-1-2-4-13(12)20(16)17;/h1-8,14,23H,9H2,(H,21,22);1H. The Bertz CT molecular complexity index is 947. The monoisotopic (exact) mass is 440 g/mol. The van der Waals surface area contributed by atoms with Gasteiger partial charge in [0.25, 0.3) is 0 Å². The van der Waals surface area contributed by atoms with Gasteiger partial charge in [0.05, 0.1) is 22.7 Å². The molecule has 0 saturated carbocycles. The Morgan fingerprint density at radius 2 is 1.92 bits per heavy atom. The highest BCUT2D eigenvalue weighted by Crippen LogP contribution is 2.49. The molecule has 0 saturated heterocycles. The molecule has 0 radical (unpaired) electrons. The highest BCUT2D eigenvalue weighted by Gasteiger charge is 2.50. The molecule has 0 bridgehead atoms. The van der Waals surface area contributed by atoms with Crippen molar-refractivity contribution in [2.24, 2.45) is 0 Å². The number of thioether (sulfide) groups is 1. The fourth-order valence-corrected chi connectivity index (χ4v) is 4.62. The Labute approximate surface area is 163 Å². The summed E-state index contributed by atoms with van der Waals surface area (Å²) in [6.07, 6.45) is -0.179. The second-order valence-electron chi connectivity index (χ2n) is 5.66. The van der Waals surface area contributed by atoms with Crippen molar-refractivity contribution >= 4 is 57.3 Å². The number of benzene rings is 2. The van der Waals surface area contributed by atoms with E-state index in [1.54, 1.807) is 28.8 Å². The van der Waals surface area contributed by atoms with Crippen molar-refractivity contribution in [2.45, 2.75) is 22.6 Å². The van der Waals surface area contributed by atoms with Gasteiger partial charge in [-0.15, -0.1) is 17.0 Å². The van der Waals surface area contributed by atoms with Crippen molar-refractivity contribution < 1.29 is 15.0 Å². The summed E-state index contributed by atoms with van der Waals surface area (Å²) in [6.45, 7) is 0. The van der Waals surface area contributed by atoms with Crippen molar-refractivity contribution in [1.82, 2.24) is 9.55 Å². The number of fused-ring (bicyclic) bond motifs is 3. The molecule has 8 heteroatoms. The van der Waals surface area contributed by atoms with Gasteiger partial charge in [0.15, 0.2) is 10.9 Å². The van der Waals surface area contributed by atoms with Crippen molar-refractivity contribution in [1.29, 1.82) is 0 Å². The van der Waals surface area contributed by atoms with E-state index in [0.29, 0.717) is 15.7 Å². The Balaban J connectivity index is 0.00000182. The summed E-state index contributed by atoms with van der Waals surface area (Å²) in [5.41, 5.74) is 0.623. The maximum absolute atomic E-state index is 11.6. The maximum atomic E-state index is 11.6. The van der Waals surface area contributed by atoms with Gasteiger partial charge in [0, 0.05) is 10.6 Å². The number of aliphatic carboxylic acids is 1. The Morgan fingerprint density at radius 3 is 2.60 bits per heavy atom. The minimum atomic E-state index is -1.50. The molecule has 1 aliphatic heterocycles. The van der Waals surface area contributed by atoms with Gasteiger partial charge in [-0.25, -0.2) is 4.98 Å². The van der Waals surface area contributed by atoms with E-state index in [1.807, 2.05) is 24.3 Å². The Morgan fingerprint density at radius 1 is 1.24 bits per heavy atom. The van der Waals surface area contributed by atoms with Crippen LogP contribution in [0.5, 0.6) is 0 Å². The van der Waals surface area contributed by atoms with E-state index in [2.05, 4.69) is 4.98 Å². The summed E-state index contributed by atoms with van der Waals surface area (Å²) < 4.78 is 1.73. The fourth-order valence-electron chi connectivity index (χ4n) is 3.12. The van der Waals surface area contributed by atoms with Crippen LogP contribution in [0.4, 0.5) is 0 Å². The predicted octanol–water partition coefficient (Wildman–Crippen LogP) is 3.91. The van der Waals surface area contributed by atoms with Crippen LogP contribution in [-0.4, -0.2) is 31.0 Å². The number of halogens is 2. The molecule has 1 aliphatic rings. The summed E-state index contributed by atoms with van der Waals surface area (Å²) in [7, 11) is 0. The van der Waals surface area contributed by atoms with Gasteiger partial charge in [0.1, 0.15) is 0 Å². The summed E-state index contributed by atoms with van der Waals surface area (Å²) >= 11 is 7.24. The zero-order valence-corrected chi connectivity index (χ0v) is 16.1. The average molecular weight is 442 g/mol. The number of para-hydroxylation sites is 2. The first kappa shape index (κ1) is 18.3.